The predicted octanol–water partition coefficient (Wildman–Crippen LogP) is 2.01. The van der Waals surface area contributed by atoms with Crippen LogP contribution < -0.4 is 0 Å². The fourth-order valence-electron chi connectivity index (χ4n) is 2.49. The lowest BCUT2D eigenvalue weighted by molar-refractivity contribution is -0.154. The molecule has 1 aliphatic rings. The number of aryl methyl sites for hydroxylation is 1. The minimum absolute atomic E-state index is 0.0104. The van der Waals surface area contributed by atoms with Crippen LogP contribution >= 0.6 is 11.6 Å². The highest BCUT2D eigenvalue weighted by atomic mass is 35.5. The number of imide groups is 1. The Hall–Kier alpha value is -2.74. The molecule has 8 nitrogen and oxygen atoms in total. The number of nitrogens with zero attached hydrogens (tertiary/aromatic N) is 3. The molecule has 2 aromatic rings. The first-order valence-electron chi connectivity index (χ1n) is 8.10. The van der Waals surface area contributed by atoms with E-state index in [-0.39, 0.29) is 24.6 Å². The Morgan fingerprint density at radius 1 is 1.27 bits per heavy atom. The van der Waals surface area contributed by atoms with E-state index in [9.17, 15) is 14.4 Å². The summed E-state index contributed by atoms with van der Waals surface area (Å²) in [6.45, 7) is -0.0604. The second-order valence-electron chi connectivity index (χ2n) is 5.72. The van der Waals surface area contributed by atoms with Crippen molar-refractivity contribution in [1.29, 1.82) is 0 Å². The van der Waals surface area contributed by atoms with Gasteiger partial charge < -0.3 is 9.26 Å². The summed E-state index contributed by atoms with van der Waals surface area (Å²) in [5.41, 5.74) is 0.743. The minimum Gasteiger partial charge on any atom is -0.456 e. The summed E-state index contributed by atoms with van der Waals surface area (Å²) in [6.07, 6.45) is 1.18. The fraction of sp³-hybridized carbons (Fsp3) is 0.353. The third kappa shape index (κ3) is 4.45. The van der Waals surface area contributed by atoms with Crippen molar-refractivity contribution in [2.24, 2.45) is 0 Å². The quantitative estimate of drug-likeness (QED) is 0.709. The van der Waals surface area contributed by atoms with Crippen LogP contribution in [-0.4, -0.2) is 46.0 Å². The van der Waals surface area contributed by atoms with Gasteiger partial charge in [-0.15, -0.1) is 0 Å². The molecule has 0 unspecified atom stereocenters. The molecule has 0 bridgehead atoms. The third-order valence-corrected chi connectivity index (χ3v) is 4.10. The van der Waals surface area contributed by atoms with Gasteiger partial charge in [0.25, 0.3) is 5.91 Å². The Bertz CT molecular complexity index is 818. The van der Waals surface area contributed by atoms with Gasteiger partial charge in [0.2, 0.25) is 17.6 Å². The Balaban J connectivity index is 1.45. The number of carbonyl (C=O) groups excluding carboxylic acids is 3. The van der Waals surface area contributed by atoms with Crippen LogP contribution in [0.1, 0.15) is 25.2 Å². The van der Waals surface area contributed by atoms with Gasteiger partial charge in [-0.2, -0.15) is 4.98 Å². The average molecular weight is 378 g/mol. The third-order valence-electron chi connectivity index (χ3n) is 3.84. The number of amides is 2. The largest absolute Gasteiger partial charge is 0.456 e. The maximum absolute atomic E-state index is 11.8. The van der Waals surface area contributed by atoms with Crippen LogP contribution in [0.5, 0.6) is 0 Å². The van der Waals surface area contributed by atoms with E-state index in [0.717, 1.165) is 10.5 Å². The predicted molar refractivity (Wildman–Crippen MR) is 90.0 cm³/mol. The number of rotatable bonds is 6. The lowest BCUT2D eigenvalue weighted by Gasteiger charge is -2.13. The molecule has 26 heavy (non-hydrogen) atoms. The van der Waals surface area contributed by atoms with E-state index >= 15 is 0 Å². The van der Waals surface area contributed by atoms with Gasteiger partial charge in [0.1, 0.15) is 0 Å². The van der Waals surface area contributed by atoms with E-state index in [4.69, 9.17) is 20.9 Å². The van der Waals surface area contributed by atoms with Crippen LogP contribution in [0.3, 0.4) is 0 Å². The number of halogens is 1. The maximum atomic E-state index is 11.8. The van der Waals surface area contributed by atoms with E-state index in [1.807, 2.05) is 0 Å². The number of carbonyl (C=O) groups is 3. The molecule has 0 N–H and O–H groups in total. The summed E-state index contributed by atoms with van der Waals surface area (Å²) >= 11 is 5.83. The summed E-state index contributed by atoms with van der Waals surface area (Å²) in [4.78, 5) is 40.3. The molecule has 0 atom stereocenters. The molecular weight excluding hydrogens is 362 g/mol. The average Bonchev–Trinajstić information content (AvgIpc) is 3.27. The van der Waals surface area contributed by atoms with E-state index < -0.39 is 18.5 Å². The van der Waals surface area contributed by atoms with Gasteiger partial charge in [0.15, 0.2) is 6.61 Å². The monoisotopic (exact) mass is 377 g/mol. The smallest absolute Gasteiger partial charge is 0.306 e. The lowest BCUT2D eigenvalue weighted by atomic mass is 10.2. The van der Waals surface area contributed by atoms with Gasteiger partial charge in [0.05, 0.1) is 6.42 Å². The summed E-state index contributed by atoms with van der Waals surface area (Å²) in [5.74, 6) is -0.618. The van der Waals surface area contributed by atoms with Crippen molar-refractivity contribution in [2.75, 3.05) is 13.2 Å². The highest BCUT2D eigenvalue weighted by molar-refractivity contribution is 6.30. The van der Waals surface area contributed by atoms with E-state index in [1.54, 1.807) is 24.3 Å². The van der Waals surface area contributed by atoms with Crippen molar-refractivity contribution >= 4 is 29.4 Å². The molecule has 0 spiro atoms. The molecule has 0 aliphatic carbocycles. The van der Waals surface area contributed by atoms with Crippen molar-refractivity contribution in [3.8, 4) is 11.4 Å². The van der Waals surface area contributed by atoms with Crippen LogP contribution in [0, 0.1) is 0 Å². The zero-order valence-corrected chi connectivity index (χ0v) is 14.6. The van der Waals surface area contributed by atoms with Crippen molar-refractivity contribution in [2.45, 2.75) is 25.7 Å². The van der Waals surface area contributed by atoms with E-state index in [2.05, 4.69) is 10.1 Å². The number of likely N-dealkylation sites (tertiary alicyclic amines) is 1. The van der Waals surface area contributed by atoms with Gasteiger partial charge in [-0.3, -0.25) is 19.3 Å². The normalized spacial score (nSPS) is 13.9. The van der Waals surface area contributed by atoms with Crippen LogP contribution in [0.25, 0.3) is 11.4 Å². The van der Waals surface area contributed by atoms with Gasteiger partial charge >= 0.3 is 5.97 Å². The zero-order valence-electron chi connectivity index (χ0n) is 13.8. The van der Waals surface area contributed by atoms with Crippen LogP contribution in [0.2, 0.25) is 5.02 Å². The molecule has 1 saturated heterocycles. The molecule has 2 heterocycles. The molecule has 9 heteroatoms. The first-order chi connectivity index (χ1) is 12.5. The van der Waals surface area contributed by atoms with Crippen LogP contribution in [0.15, 0.2) is 28.8 Å². The fourth-order valence-corrected chi connectivity index (χ4v) is 2.61. The number of esters is 1. The van der Waals surface area contributed by atoms with Gasteiger partial charge in [-0.05, 0) is 30.7 Å². The van der Waals surface area contributed by atoms with Gasteiger partial charge in [0, 0.05) is 30.0 Å². The highest BCUT2D eigenvalue weighted by Crippen LogP contribution is 2.19. The maximum Gasteiger partial charge on any atom is 0.306 e. The Labute approximate surface area is 154 Å². The van der Waals surface area contributed by atoms with Crippen molar-refractivity contribution in [3.63, 3.8) is 0 Å². The van der Waals surface area contributed by atoms with E-state index in [0.29, 0.717) is 30.2 Å². The minimum atomic E-state index is -0.573. The molecule has 1 aliphatic heterocycles. The zero-order chi connectivity index (χ0) is 18.5. The van der Waals surface area contributed by atoms with Crippen molar-refractivity contribution < 1.29 is 23.6 Å². The Morgan fingerprint density at radius 2 is 2.04 bits per heavy atom. The van der Waals surface area contributed by atoms with Crippen LogP contribution in [0.4, 0.5) is 0 Å². The number of ether oxygens (including phenoxy) is 1. The molecule has 0 saturated carbocycles. The number of aromatic nitrogens is 2. The second-order valence-corrected chi connectivity index (χ2v) is 6.16. The van der Waals surface area contributed by atoms with Gasteiger partial charge in [-0.25, -0.2) is 0 Å². The standard InChI is InChI=1S/C17H16ClN3O5/c18-12-5-3-11(4-6-12)17-19-13(26-20-17)7-8-16(24)25-10-15(23)21-9-1-2-14(21)22/h3-6H,1-2,7-10H2. The molecule has 2 amide bonds. The second kappa shape index (κ2) is 8.09. The molecular formula is C17H16ClN3O5. The SMILES string of the molecule is O=C(CCc1nc(-c2ccc(Cl)cc2)no1)OCC(=O)N1CCCC1=O. The van der Waals surface area contributed by atoms with Crippen molar-refractivity contribution in [1.82, 2.24) is 15.0 Å². The number of hydrogen-bond acceptors (Lipinski definition) is 7. The summed E-state index contributed by atoms with van der Waals surface area (Å²) in [7, 11) is 0. The first-order valence-corrected chi connectivity index (χ1v) is 8.48. The van der Waals surface area contributed by atoms with E-state index in [1.165, 1.54) is 0 Å². The molecule has 1 aromatic carbocycles. The lowest BCUT2D eigenvalue weighted by Crippen LogP contribution is -2.35. The molecule has 136 valence electrons. The number of benzene rings is 1. The van der Waals surface area contributed by atoms with Crippen molar-refractivity contribution in [3.05, 3.63) is 35.2 Å². The summed E-state index contributed by atoms with van der Waals surface area (Å²) < 4.78 is 10.0. The van der Waals surface area contributed by atoms with Gasteiger partial charge in [-0.1, -0.05) is 16.8 Å². The number of hydrogen-bond donors (Lipinski definition) is 0. The molecule has 1 fully saturated rings. The molecule has 1 aromatic heterocycles. The highest BCUT2D eigenvalue weighted by Gasteiger charge is 2.27. The summed E-state index contributed by atoms with van der Waals surface area (Å²) in [5, 5.41) is 4.45. The Kier molecular flexibility index (Phi) is 5.62. The van der Waals surface area contributed by atoms with Crippen LogP contribution in [-0.2, 0) is 25.5 Å². The molecule has 0 radical (unpaired) electrons. The molecule has 3 rings (SSSR count). The first kappa shape index (κ1) is 18.1. The Morgan fingerprint density at radius 3 is 2.73 bits per heavy atom. The summed E-state index contributed by atoms with van der Waals surface area (Å²) in [6, 6.07) is 6.95. The topological polar surface area (TPSA) is 103 Å².